The van der Waals surface area contributed by atoms with E-state index in [2.05, 4.69) is 34.6 Å². The molecule has 0 fully saturated rings. The summed E-state index contributed by atoms with van der Waals surface area (Å²) in [6, 6.07) is 14.2. The molecule has 0 amide bonds. The minimum absolute atomic E-state index is 0.734. The Kier molecular flexibility index (Phi) is 3.69. The van der Waals surface area contributed by atoms with Crippen molar-refractivity contribution in [1.29, 1.82) is 0 Å². The zero-order valence-electron chi connectivity index (χ0n) is 12.1. The molecule has 1 aromatic heterocycles. The van der Waals surface area contributed by atoms with Crippen LogP contribution in [0.1, 0.15) is 5.56 Å². The van der Waals surface area contributed by atoms with E-state index in [1.165, 1.54) is 10.9 Å². The Labute approximate surface area is 123 Å². The van der Waals surface area contributed by atoms with E-state index in [-0.39, 0.29) is 0 Å². The number of hydrogen-bond donors (Lipinski definition) is 2. The summed E-state index contributed by atoms with van der Waals surface area (Å²) < 4.78 is 10.6. The Hall–Kier alpha value is -2.62. The monoisotopic (exact) mass is 282 g/mol. The number of aromatic nitrogens is 1. The number of aromatic amines is 1. The Morgan fingerprint density at radius 2 is 1.90 bits per heavy atom. The van der Waals surface area contributed by atoms with Crippen LogP contribution in [0.4, 0.5) is 5.69 Å². The van der Waals surface area contributed by atoms with Crippen LogP contribution in [0, 0.1) is 0 Å². The molecular formula is C17H18N2O2. The molecule has 0 saturated carbocycles. The van der Waals surface area contributed by atoms with Crippen molar-refractivity contribution in [2.24, 2.45) is 0 Å². The molecule has 3 aromatic rings. The summed E-state index contributed by atoms with van der Waals surface area (Å²) in [4.78, 5) is 3.23. The molecule has 3 rings (SSSR count). The predicted octanol–water partition coefficient (Wildman–Crippen LogP) is 3.80. The predicted molar refractivity (Wildman–Crippen MR) is 85.2 cm³/mol. The molecule has 1 heterocycles. The van der Waals surface area contributed by atoms with Crippen molar-refractivity contribution in [3.63, 3.8) is 0 Å². The van der Waals surface area contributed by atoms with Crippen LogP contribution in [0.3, 0.4) is 0 Å². The zero-order valence-corrected chi connectivity index (χ0v) is 12.1. The van der Waals surface area contributed by atoms with Crippen LogP contribution >= 0.6 is 0 Å². The molecule has 0 saturated heterocycles. The molecule has 4 nitrogen and oxygen atoms in total. The van der Waals surface area contributed by atoms with Gasteiger partial charge < -0.3 is 19.8 Å². The largest absolute Gasteiger partial charge is 0.497 e. The first kappa shape index (κ1) is 13.4. The van der Waals surface area contributed by atoms with E-state index in [9.17, 15) is 0 Å². The van der Waals surface area contributed by atoms with Gasteiger partial charge in [-0.3, -0.25) is 0 Å². The summed E-state index contributed by atoms with van der Waals surface area (Å²) >= 11 is 0. The summed E-state index contributed by atoms with van der Waals surface area (Å²) in [7, 11) is 3.30. The lowest BCUT2D eigenvalue weighted by Crippen LogP contribution is -2.01. The third-order valence-corrected chi connectivity index (χ3v) is 3.51. The topological polar surface area (TPSA) is 46.3 Å². The summed E-state index contributed by atoms with van der Waals surface area (Å²) in [5.74, 6) is 1.56. The van der Waals surface area contributed by atoms with E-state index in [0.29, 0.717) is 0 Å². The average molecular weight is 282 g/mol. The Morgan fingerprint density at radius 1 is 1.00 bits per heavy atom. The first-order chi connectivity index (χ1) is 10.3. The Balaban J connectivity index is 1.77. The molecule has 0 aliphatic heterocycles. The van der Waals surface area contributed by atoms with Gasteiger partial charge in [-0.05, 0) is 35.2 Å². The number of nitrogens with one attached hydrogen (secondary N) is 2. The van der Waals surface area contributed by atoms with Gasteiger partial charge in [0.15, 0.2) is 0 Å². The Morgan fingerprint density at radius 3 is 2.71 bits per heavy atom. The van der Waals surface area contributed by atoms with Gasteiger partial charge in [-0.25, -0.2) is 0 Å². The van der Waals surface area contributed by atoms with Gasteiger partial charge in [0.1, 0.15) is 11.5 Å². The molecule has 0 atom stereocenters. The van der Waals surface area contributed by atoms with Crippen molar-refractivity contribution in [3.8, 4) is 11.5 Å². The van der Waals surface area contributed by atoms with Crippen LogP contribution in [0.2, 0.25) is 0 Å². The minimum atomic E-state index is 0.734. The number of H-pyrrole nitrogens is 1. The van der Waals surface area contributed by atoms with Crippen LogP contribution < -0.4 is 14.8 Å². The molecule has 2 N–H and O–H groups in total. The quantitative estimate of drug-likeness (QED) is 0.748. The van der Waals surface area contributed by atoms with Crippen LogP contribution in [0.5, 0.6) is 11.5 Å². The van der Waals surface area contributed by atoms with Crippen molar-refractivity contribution >= 4 is 16.6 Å². The third kappa shape index (κ3) is 2.79. The van der Waals surface area contributed by atoms with Gasteiger partial charge in [0.2, 0.25) is 0 Å². The minimum Gasteiger partial charge on any atom is -0.497 e. The van der Waals surface area contributed by atoms with Crippen LogP contribution in [0.15, 0.2) is 48.7 Å². The van der Waals surface area contributed by atoms with E-state index in [0.717, 1.165) is 29.2 Å². The highest BCUT2D eigenvalue weighted by atomic mass is 16.5. The number of benzene rings is 2. The van der Waals surface area contributed by atoms with Crippen molar-refractivity contribution < 1.29 is 9.47 Å². The van der Waals surface area contributed by atoms with Gasteiger partial charge in [-0.2, -0.15) is 0 Å². The SMILES string of the molecule is COc1ccc(NCc2ccc3cc[nH]c3c2)c(OC)c1. The van der Waals surface area contributed by atoms with E-state index < -0.39 is 0 Å². The number of methoxy groups -OCH3 is 2. The highest BCUT2D eigenvalue weighted by Crippen LogP contribution is 2.29. The summed E-state index contributed by atoms with van der Waals surface area (Å²) in [5, 5.41) is 4.62. The van der Waals surface area contributed by atoms with Crippen LogP contribution in [-0.2, 0) is 6.54 Å². The molecule has 4 heteroatoms. The van der Waals surface area contributed by atoms with Gasteiger partial charge in [0.05, 0.1) is 19.9 Å². The number of rotatable bonds is 5. The third-order valence-electron chi connectivity index (χ3n) is 3.51. The number of fused-ring (bicyclic) bond motifs is 1. The van der Waals surface area contributed by atoms with Gasteiger partial charge in [0, 0.05) is 24.3 Å². The Bertz CT molecular complexity index is 749. The fourth-order valence-corrected chi connectivity index (χ4v) is 2.35. The van der Waals surface area contributed by atoms with Gasteiger partial charge in [-0.15, -0.1) is 0 Å². The molecule has 0 spiro atoms. The second kappa shape index (κ2) is 5.79. The average Bonchev–Trinajstić information content (AvgIpc) is 3.00. The summed E-state index contributed by atoms with van der Waals surface area (Å²) in [6.45, 7) is 0.734. The second-order valence-electron chi connectivity index (χ2n) is 4.82. The molecule has 0 radical (unpaired) electrons. The molecular weight excluding hydrogens is 264 g/mol. The molecule has 21 heavy (non-hydrogen) atoms. The summed E-state index contributed by atoms with van der Waals surface area (Å²) in [5.41, 5.74) is 3.31. The number of hydrogen-bond acceptors (Lipinski definition) is 3. The van der Waals surface area contributed by atoms with Gasteiger partial charge >= 0.3 is 0 Å². The van der Waals surface area contributed by atoms with Gasteiger partial charge in [-0.1, -0.05) is 12.1 Å². The summed E-state index contributed by atoms with van der Waals surface area (Å²) in [6.07, 6.45) is 1.95. The number of ether oxygens (including phenoxy) is 2. The second-order valence-corrected chi connectivity index (χ2v) is 4.82. The standard InChI is InChI=1S/C17H18N2O2/c1-20-14-5-6-15(17(10-14)21-2)19-11-12-3-4-13-7-8-18-16(13)9-12/h3-10,18-19H,11H2,1-2H3. The van der Waals surface area contributed by atoms with E-state index in [1.54, 1.807) is 14.2 Å². The van der Waals surface area contributed by atoms with Gasteiger partial charge in [0.25, 0.3) is 0 Å². The maximum absolute atomic E-state index is 5.39. The van der Waals surface area contributed by atoms with E-state index >= 15 is 0 Å². The van der Waals surface area contributed by atoms with Crippen molar-refractivity contribution in [2.45, 2.75) is 6.54 Å². The molecule has 0 bridgehead atoms. The molecule has 0 unspecified atom stereocenters. The lowest BCUT2D eigenvalue weighted by Gasteiger charge is -2.12. The fourth-order valence-electron chi connectivity index (χ4n) is 2.35. The molecule has 0 aliphatic carbocycles. The van der Waals surface area contributed by atoms with Crippen LogP contribution in [-0.4, -0.2) is 19.2 Å². The lowest BCUT2D eigenvalue weighted by atomic mass is 10.1. The normalized spacial score (nSPS) is 10.6. The highest BCUT2D eigenvalue weighted by Gasteiger charge is 2.05. The zero-order chi connectivity index (χ0) is 14.7. The molecule has 2 aromatic carbocycles. The van der Waals surface area contributed by atoms with Crippen molar-refractivity contribution in [1.82, 2.24) is 4.98 Å². The van der Waals surface area contributed by atoms with Crippen molar-refractivity contribution in [3.05, 3.63) is 54.2 Å². The smallest absolute Gasteiger partial charge is 0.145 e. The lowest BCUT2D eigenvalue weighted by molar-refractivity contribution is 0.395. The van der Waals surface area contributed by atoms with Crippen LogP contribution in [0.25, 0.3) is 10.9 Å². The van der Waals surface area contributed by atoms with Crippen molar-refractivity contribution in [2.75, 3.05) is 19.5 Å². The molecule has 0 aliphatic rings. The first-order valence-corrected chi connectivity index (χ1v) is 6.82. The number of anilines is 1. The first-order valence-electron chi connectivity index (χ1n) is 6.82. The van der Waals surface area contributed by atoms with E-state index in [4.69, 9.17) is 9.47 Å². The maximum atomic E-state index is 5.39. The van der Waals surface area contributed by atoms with E-state index in [1.807, 2.05) is 24.4 Å². The maximum Gasteiger partial charge on any atom is 0.145 e. The highest BCUT2D eigenvalue weighted by molar-refractivity contribution is 5.79. The molecule has 108 valence electrons. The fraction of sp³-hybridized carbons (Fsp3) is 0.176.